The van der Waals surface area contributed by atoms with Crippen molar-refractivity contribution in [1.29, 1.82) is 0 Å². The third-order valence-corrected chi connectivity index (χ3v) is 2.55. The van der Waals surface area contributed by atoms with E-state index in [0.29, 0.717) is 20.7 Å². The summed E-state index contributed by atoms with van der Waals surface area (Å²) in [5.41, 5.74) is 6.84. The van der Waals surface area contributed by atoms with Crippen LogP contribution in [0.5, 0.6) is 5.75 Å². The highest BCUT2D eigenvalue weighted by Crippen LogP contribution is 2.37. The van der Waals surface area contributed by atoms with Crippen LogP contribution in [0.3, 0.4) is 0 Å². The van der Waals surface area contributed by atoms with Crippen LogP contribution in [-0.4, -0.2) is 5.11 Å². The monoisotopic (exact) mass is 235 g/mol. The maximum atomic E-state index is 9.28. The van der Waals surface area contributed by atoms with Gasteiger partial charge in [0, 0.05) is 5.69 Å². The van der Waals surface area contributed by atoms with E-state index in [2.05, 4.69) is 15.9 Å². The zero-order valence-electron chi connectivity index (χ0n) is 5.86. The molecule has 0 unspecified atom stereocenters. The highest BCUT2D eigenvalue weighted by Gasteiger charge is 2.08. The molecule has 0 amide bonds. The number of halogens is 2. The highest BCUT2D eigenvalue weighted by atomic mass is 79.9. The topological polar surface area (TPSA) is 46.2 Å². The van der Waals surface area contributed by atoms with Gasteiger partial charge in [0.15, 0.2) is 0 Å². The summed E-state index contributed by atoms with van der Waals surface area (Å²) in [4.78, 5) is 0. The Hall–Kier alpha value is -0.410. The van der Waals surface area contributed by atoms with E-state index in [1.165, 1.54) is 0 Å². The summed E-state index contributed by atoms with van der Waals surface area (Å²) in [7, 11) is 0. The number of hydrogen-bond donors (Lipinski definition) is 2. The van der Waals surface area contributed by atoms with Crippen molar-refractivity contribution in [2.45, 2.75) is 6.92 Å². The smallest absolute Gasteiger partial charge is 0.148 e. The Morgan fingerprint density at radius 3 is 2.73 bits per heavy atom. The van der Waals surface area contributed by atoms with Crippen LogP contribution in [0, 0.1) is 6.92 Å². The van der Waals surface area contributed by atoms with Crippen molar-refractivity contribution in [1.82, 2.24) is 0 Å². The summed E-state index contributed by atoms with van der Waals surface area (Å²) in [6.07, 6.45) is 0. The largest absolute Gasteiger partial charge is 0.505 e. The standard InChI is InChI=1S/C7H7BrClNO/c1-3-5(10)2-4(8)7(11)6(3)9/h2,11H,10H2,1H3. The van der Waals surface area contributed by atoms with E-state index in [9.17, 15) is 5.11 Å². The average Bonchev–Trinajstić information content (AvgIpc) is 1.97. The summed E-state index contributed by atoms with van der Waals surface area (Å²) >= 11 is 8.84. The molecular formula is C7H7BrClNO. The predicted molar refractivity (Wildman–Crippen MR) is 50.0 cm³/mol. The molecule has 0 atom stereocenters. The lowest BCUT2D eigenvalue weighted by Gasteiger charge is -2.05. The van der Waals surface area contributed by atoms with Gasteiger partial charge in [0.05, 0.1) is 9.50 Å². The van der Waals surface area contributed by atoms with E-state index in [1.54, 1.807) is 13.0 Å². The number of nitrogens with two attached hydrogens (primary N) is 1. The number of hydrogen-bond acceptors (Lipinski definition) is 2. The number of anilines is 1. The Morgan fingerprint density at radius 2 is 2.18 bits per heavy atom. The molecule has 0 saturated carbocycles. The fraction of sp³-hybridized carbons (Fsp3) is 0.143. The van der Waals surface area contributed by atoms with Crippen LogP contribution in [-0.2, 0) is 0 Å². The van der Waals surface area contributed by atoms with Gasteiger partial charge in [0.2, 0.25) is 0 Å². The lowest BCUT2D eigenvalue weighted by molar-refractivity contribution is 0.472. The van der Waals surface area contributed by atoms with E-state index in [1.807, 2.05) is 0 Å². The second-order valence-corrected chi connectivity index (χ2v) is 3.47. The normalized spacial score (nSPS) is 10.1. The van der Waals surface area contributed by atoms with E-state index >= 15 is 0 Å². The first-order valence-corrected chi connectivity index (χ1v) is 4.14. The maximum Gasteiger partial charge on any atom is 0.148 e. The first-order chi connectivity index (χ1) is 5.04. The quantitative estimate of drug-likeness (QED) is 0.537. The first kappa shape index (κ1) is 8.68. The molecule has 0 saturated heterocycles. The van der Waals surface area contributed by atoms with Gasteiger partial charge in [-0.3, -0.25) is 0 Å². The molecule has 0 spiro atoms. The Morgan fingerprint density at radius 1 is 1.64 bits per heavy atom. The summed E-state index contributed by atoms with van der Waals surface area (Å²) in [5, 5.41) is 9.58. The zero-order valence-corrected chi connectivity index (χ0v) is 8.20. The summed E-state index contributed by atoms with van der Waals surface area (Å²) in [6, 6.07) is 1.62. The minimum absolute atomic E-state index is 0.0402. The third-order valence-electron chi connectivity index (χ3n) is 1.48. The molecule has 0 aromatic heterocycles. The second-order valence-electron chi connectivity index (χ2n) is 2.24. The summed E-state index contributed by atoms with van der Waals surface area (Å²) in [6.45, 7) is 1.75. The molecule has 1 aromatic rings. The van der Waals surface area contributed by atoms with Gasteiger partial charge >= 0.3 is 0 Å². The molecule has 4 heteroatoms. The Kier molecular flexibility index (Phi) is 2.30. The van der Waals surface area contributed by atoms with Gasteiger partial charge in [0.25, 0.3) is 0 Å². The van der Waals surface area contributed by atoms with Gasteiger partial charge in [-0.1, -0.05) is 11.6 Å². The Labute approximate surface area is 78.1 Å². The van der Waals surface area contributed by atoms with Crippen molar-refractivity contribution >= 4 is 33.2 Å². The zero-order chi connectivity index (χ0) is 8.59. The molecule has 0 heterocycles. The van der Waals surface area contributed by atoms with Crippen molar-refractivity contribution in [3.63, 3.8) is 0 Å². The van der Waals surface area contributed by atoms with Crippen molar-refractivity contribution in [2.24, 2.45) is 0 Å². The molecule has 0 aliphatic rings. The van der Waals surface area contributed by atoms with Gasteiger partial charge < -0.3 is 10.8 Å². The number of nitrogen functional groups attached to an aromatic ring is 1. The highest BCUT2D eigenvalue weighted by molar-refractivity contribution is 9.10. The number of rotatable bonds is 0. The fourth-order valence-corrected chi connectivity index (χ4v) is 1.49. The van der Waals surface area contributed by atoms with Gasteiger partial charge in [-0.2, -0.15) is 0 Å². The van der Waals surface area contributed by atoms with Crippen LogP contribution >= 0.6 is 27.5 Å². The molecule has 1 rings (SSSR count). The minimum Gasteiger partial charge on any atom is -0.505 e. The predicted octanol–water partition coefficient (Wildman–Crippen LogP) is 2.70. The molecule has 0 fully saturated rings. The average molecular weight is 236 g/mol. The van der Waals surface area contributed by atoms with Gasteiger partial charge in [0.1, 0.15) is 5.75 Å². The molecule has 0 radical (unpaired) electrons. The third kappa shape index (κ3) is 1.44. The van der Waals surface area contributed by atoms with Crippen molar-refractivity contribution < 1.29 is 5.11 Å². The van der Waals surface area contributed by atoms with Gasteiger partial charge in [-0.05, 0) is 34.5 Å². The molecule has 1 aromatic carbocycles. The molecule has 0 aliphatic carbocycles. The molecule has 2 nitrogen and oxygen atoms in total. The van der Waals surface area contributed by atoms with Crippen molar-refractivity contribution in [3.05, 3.63) is 21.1 Å². The molecule has 60 valence electrons. The lowest BCUT2D eigenvalue weighted by Crippen LogP contribution is -1.90. The molecule has 3 N–H and O–H groups in total. The molecule has 11 heavy (non-hydrogen) atoms. The fourth-order valence-electron chi connectivity index (χ4n) is 0.722. The Bertz CT molecular complexity index is 275. The van der Waals surface area contributed by atoms with E-state index in [-0.39, 0.29) is 5.75 Å². The molecule has 0 bridgehead atoms. The van der Waals surface area contributed by atoms with E-state index in [4.69, 9.17) is 17.3 Å². The lowest BCUT2D eigenvalue weighted by atomic mass is 10.2. The van der Waals surface area contributed by atoms with Crippen LogP contribution in [0.4, 0.5) is 5.69 Å². The number of phenols is 1. The molecular weight excluding hydrogens is 229 g/mol. The van der Waals surface area contributed by atoms with E-state index in [0.717, 1.165) is 0 Å². The van der Waals surface area contributed by atoms with Gasteiger partial charge in [-0.15, -0.1) is 0 Å². The number of aromatic hydroxyl groups is 1. The van der Waals surface area contributed by atoms with Crippen LogP contribution in [0.25, 0.3) is 0 Å². The number of benzene rings is 1. The first-order valence-electron chi connectivity index (χ1n) is 2.97. The maximum absolute atomic E-state index is 9.28. The second kappa shape index (κ2) is 2.91. The van der Waals surface area contributed by atoms with Crippen LogP contribution in [0.1, 0.15) is 5.56 Å². The summed E-state index contributed by atoms with van der Waals surface area (Å²) in [5.74, 6) is 0.0402. The van der Waals surface area contributed by atoms with Crippen LogP contribution in [0.15, 0.2) is 10.5 Å². The Balaban J connectivity index is 3.46. The van der Waals surface area contributed by atoms with Crippen molar-refractivity contribution in [2.75, 3.05) is 5.73 Å². The summed E-state index contributed by atoms with van der Waals surface area (Å²) < 4.78 is 0.519. The van der Waals surface area contributed by atoms with Crippen LogP contribution < -0.4 is 5.73 Å². The van der Waals surface area contributed by atoms with E-state index < -0.39 is 0 Å². The SMILES string of the molecule is Cc1c(N)cc(Br)c(O)c1Cl. The molecule has 0 aliphatic heterocycles. The minimum atomic E-state index is 0.0402. The van der Waals surface area contributed by atoms with Crippen LogP contribution in [0.2, 0.25) is 5.02 Å². The van der Waals surface area contributed by atoms with Gasteiger partial charge in [-0.25, -0.2) is 0 Å². The van der Waals surface area contributed by atoms with Crippen molar-refractivity contribution in [3.8, 4) is 5.75 Å². The number of phenolic OH excluding ortho intramolecular Hbond substituents is 1.